The number of nitrogens with zero attached hydrogens (tertiary/aromatic N) is 3. The SMILES string of the molecule is COc1ccc(C)cc1-n1ccc(C(=O)NCCCCCN2CCCCC2)n1. The first kappa shape index (κ1) is 20.4. The highest BCUT2D eigenvalue weighted by Gasteiger charge is 2.13. The molecule has 1 aromatic heterocycles. The lowest BCUT2D eigenvalue weighted by molar-refractivity contribution is 0.0947. The van der Waals surface area contributed by atoms with Crippen molar-refractivity contribution in [3.05, 3.63) is 41.7 Å². The van der Waals surface area contributed by atoms with Gasteiger partial charge in [-0.2, -0.15) is 5.10 Å². The lowest BCUT2D eigenvalue weighted by Gasteiger charge is -2.26. The second-order valence-electron chi connectivity index (χ2n) is 7.54. The molecule has 0 radical (unpaired) electrons. The van der Waals surface area contributed by atoms with Gasteiger partial charge in [0.15, 0.2) is 5.69 Å². The van der Waals surface area contributed by atoms with Crippen LogP contribution in [0.3, 0.4) is 0 Å². The van der Waals surface area contributed by atoms with Crippen molar-refractivity contribution in [1.29, 1.82) is 0 Å². The number of unbranched alkanes of at least 4 members (excludes halogenated alkanes) is 2. The lowest BCUT2D eigenvalue weighted by Crippen LogP contribution is -2.30. The first-order chi connectivity index (χ1) is 13.7. The number of rotatable bonds is 9. The van der Waals surface area contributed by atoms with E-state index in [9.17, 15) is 4.79 Å². The van der Waals surface area contributed by atoms with Gasteiger partial charge in [-0.05, 0) is 76.0 Å². The van der Waals surface area contributed by atoms with Gasteiger partial charge in [0.05, 0.1) is 7.11 Å². The van der Waals surface area contributed by atoms with Crippen molar-refractivity contribution in [3.63, 3.8) is 0 Å². The molecule has 0 unspecified atom stereocenters. The lowest BCUT2D eigenvalue weighted by atomic mass is 10.1. The normalized spacial score (nSPS) is 14.8. The van der Waals surface area contributed by atoms with E-state index in [2.05, 4.69) is 15.3 Å². The Labute approximate surface area is 167 Å². The van der Waals surface area contributed by atoms with Crippen molar-refractivity contribution in [3.8, 4) is 11.4 Å². The molecule has 28 heavy (non-hydrogen) atoms. The molecular weight excluding hydrogens is 352 g/mol. The third-order valence-electron chi connectivity index (χ3n) is 5.29. The van der Waals surface area contributed by atoms with E-state index in [4.69, 9.17) is 4.74 Å². The number of methoxy groups -OCH3 is 1. The summed E-state index contributed by atoms with van der Waals surface area (Å²) in [6.45, 7) is 6.41. The predicted molar refractivity (Wildman–Crippen MR) is 111 cm³/mol. The molecule has 1 fully saturated rings. The molecule has 0 spiro atoms. The largest absolute Gasteiger partial charge is 0.494 e. The van der Waals surface area contributed by atoms with Gasteiger partial charge in [-0.1, -0.05) is 18.9 Å². The molecule has 3 rings (SSSR count). The number of amides is 1. The summed E-state index contributed by atoms with van der Waals surface area (Å²) in [5.74, 6) is 0.607. The number of hydrogen-bond donors (Lipinski definition) is 1. The van der Waals surface area contributed by atoms with Gasteiger partial charge in [0, 0.05) is 12.7 Å². The monoisotopic (exact) mass is 384 g/mol. The van der Waals surface area contributed by atoms with Crippen molar-refractivity contribution in [2.45, 2.75) is 45.4 Å². The summed E-state index contributed by atoms with van der Waals surface area (Å²) in [7, 11) is 1.64. The first-order valence-electron chi connectivity index (χ1n) is 10.4. The Morgan fingerprint density at radius 1 is 1.14 bits per heavy atom. The number of ether oxygens (including phenoxy) is 1. The van der Waals surface area contributed by atoms with E-state index in [0.717, 1.165) is 29.8 Å². The van der Waals surface area contributed by atoms with Crippen LogP contribution in [-0.4, -0.2) is 53.9 Å². The topological polar surface area (TPSA) is 59.4 Å². The van der Waals surface area contributed by atoms with Crippen LogP contribution in [0.2, 0.25) is 0 Å². The minimum atomic E-state index is -0.124. The second-order valence-corrected chi connectivity index (χ2v) is 7.54. The summed E-state index contributed by atoms with van der Waals surface area (Å²) in [5.41, 5.74) is 2.37. The highest BCUT2D eigenvalue weighted by molar-refractivity contribution is 5.92. The molecule has 2 aromatic rings. The zero-order valence-corrected chi connectivity index (χ0v) is 17.1. The van der Waals surface area contributed by atoms with Gasteiger partial charge in [0.25, 0.3) is 5.91 Å². The van der Waals surface area contributed by atoms with Gasteiger partial charge in [-0.3, -0.25) is 4.79 Å². The Morgan fingerprint density at radius 3 is 2.75 bits per heavy atom. The van der Waals surface area contributed by atoms with Crippen LogP contribution in [0.25, 0.3) is 5.69 Å². The van der Waals surface area contributed by atoms with Crippen LogP contribution < -0.4 is 10.1 Å². The van der Waals surface area contributed by atoms with Gasteiger partial charge >= 0.3 is 0 Å². The minimum Gasteiger partial charge on any atom is -0.494 e. The molecule has 1 aliphatic heterocycles. The van der Waals surface area contributed by atoms with Gasteiger partial charge in [0.1, 0.15) is 11.4 Å². The quantitative estimate of drug-likeness (QED) is 0.672. The Kier molecular flexibility index (Phi) is 7.48. The third-order valence-corrected chi connectivity index (χ3v) is 5.29. The van der Waals surface area contributed by atoms with E-state index < -0.39 is 0 Å². The van der Waals surface area contributed by atoms with E-state index in [1.54, 1.807) is 24.1 Å². The summed E-state index contributed by atoms with van der Waals surface area (Å²) in [6, 6.07) is 7.64. The van der Waals surface area contributed by atoms with E-state index in [1.807, 2.05) is 25.1 Å². The molecule has 0 aliphatic carbocycles. The molecule has 1 saturated heterocycles. The van der Waals surface area contributed by atoms with Crippen LogP contribution in [0.1, 0.15) is 54.6 Å². The fraction of sp³-hybridized carbons (Fsp3) is 0.545. The first-order valence-corrected chi connectivity index (χ1v) is 10.4. The molecular formula is C22H32N4O2. The highest BCUT2D eigenvalue weighted by Crippen LogP contribution is 2.23. The van der Waals surface area contributed by atoms with Crippen molar-refractivity contribution in [1.82, 2.24) is 20.0 Å². The summed E-state index contributed by atoms with van der Waals surface area (Å²) in [4.78, 5) is 14.9. The maximum absolute atomic E-state index is 12.4. The number of aryl methyl sites for hydroxylation is 1. The number of piperidine rings is 1. The van der Waals surface area contributed by atoms with Crippen molar-refractivity contribution in [2.24, 2.45) is 0 Å². The van der Waals surface area contributed by atoms with Crippen LogP contribution in [0.5, 0.6) is 5.75 Å². The molecule has 1 N–H and O–H groups in total. The number of carbonyl (C=O) groups is 1. The molecule has 1 amide bonds. The number of likely N-dealkylation sites (tertiary alicyclic amines) is 1. The van der Waals surface area contributed by atoms with Crippen molar-refractivity contribution >= 4 is 5.91 Å². The average Bonchev–Trinajstić information content (AvgIpc) is 3.21. The minimum absolute atomic E-state index is 0.124. The van der Waals surface area contributed by atoms with Crippen LogP contribution in [0, 0.1) is 6.92 Å². The van der Waals surface area contributed by atoms with E-state index in [1.165, 1.54) is 45.3 Å². The number of carbonyl (C=O) groups excluding carboxylic acids is 1. The Morgan fingerprint density at radius 2 is 1.96 bits per heavy atom. The number of benzene rings is 1. The maximum Gasteiger partial charge on any atom is 0.271 e. The molecule has 2 heterocycles. The molecule has 152 valence electrons. The van der Waals surface area contributed by atoms with Gasteiger partial charge in [0.2, 0.25) is 0 Å². The Hall–Kier alpha value is -2.34. The van der Waals surface area contributed by atoms with Gasteiger partial charge in [-0.25, -0.2) is 4.68 Å². The van der Waals surface area contributed by atoms with Crippen LogP contribution in [0.15, 0.2) is 30.5 Å². The standard InChI is InChI=1S/C22H32N4O2/c1-18-9-10-21(28-2)20(17-18)26-16-11-19(24-26)22(27)23-12-5-3-6-13-25-14-7-4-8-15-25/h9-11,16-17H,3-8,12-15H2,1-2H3,(H,23,27). The number of aromatic nitrogens is 2. The maximum atomic E-state index is 12.4. The van der Waals surface area contributed by atoms with Crippen molar-refractivity contribution in [2.75, 3.05) is 33.3 Å². The van der Waals surface area contributed by atoms with Crippen LogP contribution in [0.4, 0.5) is 0 Å². The molecule has 6 nitrogen and oxygen atoms in total. The van der Waals surface area contributed by atoms with E-state index in [0.29, 0.717) is 12.2 Å². The smallest absolute Gasteiger partial charge is 0.271 e. The Balaban J connectivity index is 1.42. The predicted octanol–water partition coefficient (Wildman–Crippen LogP) is 3.58. The summed E-state index contributed by atoms with van der Waals surface area (Å²) >= 11 is 0. The summed E-state index contributed by atoms with van der Waals surface area (Å²) < 4.78 is 7.10. The zero-order valence-electron chi connectivity index (χ0n) is 17.1. The fourth-order valence-electron chi connectivity index (χ4n) is 3.67. The summed E-state index contributed by atoms with van der Waals surface area (Å²) in [6.07, 6.45) is 9.23. The van der Waals surface area contributed by atoms with Crippen LogP contribution in [-0.2, 0) is 0 Å². The molecule has 0 atom stereocenters. The van der Waals surface area contributed by atoms with Gasteiger partial charge < -0.3 is 15.0 Å². The molecule has 1 aliphatic rings. The van der Waals surface area contributed by atoms with E-state index in [-0.39, 0.29) is 5.91 Å². The number of hydrogen-bond acceptors (Lipinski definition) is 4. The van der Waals surface area contributed by atoms with E-state index >= 15 is 0 Å². The zero-order chi connectivity index (χ0) is 19.8. The summed E-state index contributed by atoms with van der Waals surface area (Å²) in [5, 5.41) is 7.41. The second kappa shape index (κ2) is 10.3. The van der Waals surface area contributed by atoms with Crippen molar-refractivity contribution < 1.29 is 9.53 Å². The van der Waals surface area contributed by atoms with Gasteiger partial charge in [-0.15, -0.1) is 0 Å². The number of nitrogens with one attached hydrogen (secondary N) is 1. The highest BCUT2D eigenvalue weighted by atomic mass is 16.5. The third kappa shape index (κ3) is 5.58. The molecule has 0 saturated carbocycles. The fourth-order valence-corrected chi connectivity index (χ4v) is 3.67. The molecule has 1 aromatic carbocycles. The molecule has 0 bridgehead atoms. The molecule has 6 heteroatoms. The average molecular weight is 385 g/mol. The Bertz CT molecular complexity index is 766. The van der Waals surface area contributed by atoms with Crippen LogP contribution >= 0.6 is 0 Å².